The molecule has 2 rings (SSSR count). The van der Waals surface area contributed by atoms with Gasteiger partial charge in [-0.2, -0.15) is 0 Å². The summed E-state index contributed by atoms with van der Waals surface area (Å²) < 4.78 is 1.42. The highest BCUT2D eigenvalue weighted by atomic mass is 127. The van der Waals surface area contributed by atoms with Crippen molar-refractivity contribution in [3.05, 3.63) is 44.5 Å². The zero-order valence-corrected chi connectivity index (χ0v) is 14.2. The standard InChI is InChI=1S/C17H24IN/c1-3-12-19-17(14-9-5-4-6-10-14)15-11-7-8-13(2)16(15)18/h7-9,11,17,19H,3-6,10,12H2,1-2H3. The first-order valence-corrected chi connectivity index (χ1v) is 8.49. The monoisotopic (exact) mass is 369 g/mol. The molecule has 0 saturated heterocycles. The summed E-state index contributed by atoms with van der Waals surface area (Å²) in [4.78, 5) is 0. The molecule has 1 aliphatic carbocycles. The summed E-state index contributed by atoms with van der Waals surface area (Å²) in [5, 5.41) is 3.75. The van der Waals surface area contributed by atoms with Gasteiger partial charge >= 0.3 is 0 Å². The molecule has 1 aromatic carbocycles. The summed E-state index contributed by atoms with van der Waals surface area (Å²) in [5.74, 6) is 0. The van der Waals surface area contributed by atoms with Crippen molar-refractivity contribution in [2.75, 3.05) is 6.54 Å². The van der Waals surface area contributed by atoms with Crippen molar-refractivity contribution in [3.63, 3.8) is 0 Å². The number of rotatable bonds is 5. The van der Waals surface area contributed by atoms with Crippen molar-refractivity contribution in [1.29, 1.82) is 0 Å². The van der Waals surface area contributed by atoms with Crippen LogP contribution < -0.4 is 5.32 Å². The first-order chi connectivity index (χ1) is 9.24. The SMILES string of the molecule is CCCNC(C1=CCCCC1)c1cccc(C)c1I. The van der Waals surface area contributed by atoms with Gasteiger partial charge in [-0.3, -0.25) is 0 Å². The van der Waals surface area contributed by atoms with E-state index in [-0.39, 0.29) is 0 Å². The number of hydrogen-bond donors (Lipinski definition) is 1. The molecule has 1 atom stereocenters. The Balaban J connectivity index is 2.30. The van der Waals surface area contributed by atoms with Gasteiger partial charge in [-0.1, -0.05) is 36.8 Å². The molecule has 0 amide bonds. The van der Waals surface area contributed by atoms with Crippen molar-refractivity contribution >= 4 is 22.6 Å². The third-order valence-corrected chi connectivity index (χ3v) is 5.30. The van der Waals surface area contributed by atoms with Crippen LogP contribution in [0, 0.1) is 10.5 Å². The predicted octanol–water partition coefficient (Wildman–Crippen LogP) is 5.14. The van der Waals surface area contributed by atoms with E-state index in [9.17, 15) is 0 Å². The van der Waals surface area contributed by atoms with E-state index < -0.39 is 0 Å². The van der Waals surface area contributed by atoms with Crippen LogP contribution in [0.1, 0.15) is 56.2 Å². The lowest BCUT2D eigenvalue weighted by molar-refractivity contribution is 0.545. The number of benzene rings is 1. The molecule has 1 N–H and O–H groups in total. The van der Waals surface area contributed by atoms with Crippen LogP contribution in [0.25, 0.3) is 0 Å². The quantitative estimate of drug-likeness (QED) is 0.560. The van der Waals surface area contributed by atoms with Gasteiger partial charge in [-0.25, -0.2) is 0 Å². The molecule has 0 heterocycles. The van der Waals surface area contributed by atoms with Crippen molar-refractivity contribution in [1.82, 2.24) is 5.32 Å². The number of halogens is 1. The van der Waals surface area contributed by atoms with Gasteiger partial charge in [0, 0.05) is 3.57 Å². The van der Waals surface area contributed by atoms with Crippen LogP contribution in [0.4, 0.5) is 0 Å². The first-order valence-electron chi connectivity index (χ1n) is 7.41. The first kappa shape index (κ1) is 15.0. The van der Waals surface area contributed by atoms with Crippen molar-refractivity contribution in [2.45, 2.75) is 52.0 Å². The maximum absolute atomic E-state index is 3.75. The van der Waals surface area contributed by atoms with Crippen LogP contribution in [0.2, 0.25) is 0 Å². The van der Waals surface area contributed by atoms with E-state index in [1.807, 2.05) is 0 Å². The molecule has 104 valence electrons. The summed E-state index contributed by atoms with van der Waals surface area (Å²) in [6.45, 7) is 5.53. The lowest BCUT2D eigenvalue weighted by Gasteiger charge is -2.26. The van der Waals surface area contributed by atoms with Gasteiger partial charge in [0.15, 0.2) is 0 Å². The lowest BCUT2D eigenvalue weighted by atomic mass is 9.89. The summed E-state index contributed by atoms with van der Waals surface area (Å²) >= 11 is 2.50. The van der Waals surface area contributed by atoms with Gasteiger partial charge in [-0.15, -0.1) is 0 Å². The van der Waals surface area contributed by atoms with Gasteiger partial charge in [-0.05, 0) is 79.3 Å². The number of aryl methyl sites for hydroxylation is 1. The molecule has 19 heavy (non-hydrogen) atoms. The Morgan fingerprint density at radius 2 is 2.16 bits per heavy atom. The molecule has 0 bridgehead atoms. The maximum atomic E-state index is 3.75. The molecule has 0 radical (unpaired) electrons. The minimum absolute atomic E-state index is 0.423. The zero-order valence-electron chi connectivity index (χ0n) is 12.0. The molecule has 1 unspecified atom stereocenters. The normalized spacial score (nSPS) is 17.1. The van der Waals surface area contributed by atoms with E-state index in [1.165, 1.54) is 46.8 Å². The zero-order chi connectivity index (χ0) is 13.7. The fourth-order valence-electron chi connectivity index (χ4n) is 2.75. The predicted molar refractivity (Wildman–Crippen MR) is 91.5 cm³/mol. The van der Waals surface area contributed by atoms with Crippen molar-refractivity contribution in [2.24, 2.45) is 0 Å². The molecule has 0 fully saturated rings. The van der Waals surface area contributed by atoms with Gasteiger partial charge in [0.25, 0.3) is 0 Å². The largest absolute Gasteiger partial charge is 0.307 e. The molecule has 0 aliphatic heterocycles. The summed E-state index contributed by atoms with van der Waals surface area (Å²) in [6.07, 6.45) is 8.86. The van der Waals surface area contributed by atoms with E-state index >= 15 is 0 Å². The van der Waals surface area contributed by atoms with Crippen molar-refractivity contribution in [3.8, 4) is 0 Å². The second-order valence-electron chi connectivity index (χ2n) is 5.39. The minimum atomic E-state index is 0.423. The third-order valence-electron chi connectivity index (χ3n) is 3.83. The molecule has 1 aliphatic rings. The Morgan fingerprint density at radius 1 is 1.32 bits per heavy atom. The van der Waals surface area contributed by atoms with E-state index in [0.717, 1.165) is 6.54 Å². The second kappa shape index (κ2) is 7.44. The summed E-state index contributed by atoms with van der Waals surface area (Å²) in [6, 6.07) is 7.11. The highest BCUT2D eigenvalue weighted by Gasteiger charge is 2.20. The van der Waals surface area contributed by atoms with Gasteiger partial charge in [0.05, 0.1) is 6.04 Å². The average molecular weight is 369 g/mol. The molecular formula is C17H24IN. The highest BCUT2D eigenvalue weighted by Crippen LogP contribution is 2.33. The van der Waals surface area contributed by atoms with Crippen molar-refractivity contribution < 1.29 is 0 Å². The fourth-order valence-corrected chi connectivity index (χ4v) is 3.42. The average Bonchev–Trinajstić information content (AvgIpc) is 2.45. The molecule has 0 spiro atoms. The Bertz CT molecular complexity index is 451. The van der Waals surface area contributed by atoms with E-state index in [4.69, 9.17) is 0 Å². The Hall–Kier alpha value is -0.350. The van der Waals surface area contributed by atoms with Gasteiger partial charge in [0.2, 0.25) is 0 Å². The number of hydrogen-bond acceptors (Lipinski definition) is 1. The summed E-state index contributed by atoms with van der Waals surface area (Å²) in [7, 11) is 0. The molecule has 1 nitrogen and oxygen atoms in total. The topological polar surface area (TPSA) is 12.0 Å². The molecule has 1 aromatic rings. The van der Waals surface area contributed by atoms with E-state index in [1.54, 1.807) is 5.57 Å². The summed E-state index contributed by atoms with van der Waals surface area (Å²) in [5.41, 5.74) is 4.45. The van der Waals surface area contributed by atoms with Gasteiger partial charge < -0.3 is 5.32 Å². The molecule has 2 heteroatoms. The van der Waals surface area contributed by atoms with E-state index in [0.29, 0.717) is 6.04 Å². The van der Waals surface area contributed by atoms with Crippen LogP contribution in [0.15, 0.2) is 29.8 Å². The number of nitrogens with one attached hydrogen (secondary N) is 1. The molecule has 0 aromatic heterocycles. The Kier molecular flexibility index (Phi) is 5.89. The van der Waals surface area contributed by atoms with Crippen LogP contribution in [0.5, 0.6) is 0 Å². The Labute approximate surface area is 131 Å². The third kappa shape index (κ3) is 3.82. The highest BCUT2D eigenvalue weighted by molar-refractivity contribution is 14.1. The smallest absolute Gasteiger partial charge is 0.0546 e. The van der Waals surface area contributed by atoms with Crippen LogP contribution in [-0.4, -0.2) is 6.54 Å². The number of allylic oxidation sites excluding steroid dienone is 1. The minimum Gasteiger partial charge on any atom is -0.307 e. The van der Waals surface area contributed by atoms with Crippen LogP contribution >= 0.6 is 22.6 Å². The van der Waals surface area contributed by atoms with Crippen LogP contribution in [0.3, 0.4) is 0 Å². The van der Waals surface area contributed by atoms with Crippen LogP contribution in [-0.2, 0) is 0 Å². The second-order valence-corrected chi connectivity index (χ2v) is 6.47. The molecule has 0 saturated carbocycles. The molecular weight excluding hydrogens is 345 g/mol. The van der Waals surface area contributed by atoms with Gasteiger partial charge in [0.1, 0.15) is 0 Å². The van der Waals surface area contributed by atoms with E-state index in [2.05, 4.69) is 66.0 Å². The fraction of sp³-hybridized carbons (Fsp3) is 0.529. The lowest BCUT2D eigenvalue weighted by Crippen LogP contribution is -2.25. The Morgan fingerprint density at radius 3 is 2.84 bits per heavy atom. The maximum Gasteiger partial charge on any atom is 0.0546 e.